The molecule has 0 fully saturated rings. The topological polar surface area (TPSA) is 20.8 Å². The summed E-state index contributed by atoms with van der Waals surface area (Å²) in [5.41, 5.74) is 15.1. The molecule has 3 heteroatoms. The van der Waals surface area contributed by atoms with Crippen LogP contribution < -0.4 is 4.90 Å². The molecule has 0 bridgehead atoms. The molecule has 0 saturated carbocycles. The summed E-state index contributed by atoms with van der Waals surface area (Å²) < 4.78 is 8.94. The lowest BCUT2D eigenvalue weighted by Crippen LogP contribution is -2.30. The highest BCUT2D eigenvalue weighted by molar-refractivity contribution is 6.26. The molecule has 1 aliphatic carbocycles. The van der Waals surface area contributed by atoms with Gasteiger partial charge in [0.2, 0.25) is 0 Å². The molecule has 1 atom stereocenters. The number of rotatable bonds is 6. The average Bonchev–Trinajstić information content (AvgIpc) is 4.09. The van der Waals surface area contributed by atoms with Crippen molar-refractivity contribution in [3.63, 3.8) is 0 Å². The Balaban J connectivity index is 0.810. The number of furan rings is 1. The molecule has 0 saturated heterocycles. The first kappa shape index (κ1) is 38.2. The second-order valence-electron chi connectivity index (χ2n) is 18.7. The molecule has 1 aliphatic rings. The number of benzene rings is 11. The molecule has 1 unspecified atom stereocenters. The predicted octanol–water partition coefficient (Wildman–Crippen LogP) is 18.1. The van der Waals surface area contributed by atoms with Gasteiger partial charge in [-0.2, -0.15) is 0 Å². The number of hydrogen-bond donors (Lipinski definition) is 0. The maximum atomic E-state index is 6.49. The molecule has 322 valence electrons. The van der Waals surface area contributed by atoms with Crippen LogP contribution in [0.3, 0.4) is 0 Å². The zero-order valence-corrected chi connectivity index (χ0v) is 37.6. The Labute approximate surface area is 398 Å². The van der Waals surface area contributed by atoms with Gasteiger partial charge < -0.3 is 13.7 Å². The standard InChI is InChI=1S/C66H42N2O/c1-2-13-52-50(11-1)51-12-3-4-14-53(51)60-39-44(29-37-54(52)60)41-23-31-46(32-24-41)67(48-35-27-43(28-36-48)49-17-9-20-59-56-16-6-8-22-64(56)69-66(49)59)47-33-25-42(26-34-47)45-30-38-63-61(40-45)58-19-10-18-57-55-15-5-7-21-62(55)68(63)65(57)58/h1-35,37-40,48H,36H2. The van der Waals surface area contributed by atoms with Crippen LogP contribution in [-0.4, -0.2) is 10.4 Å². The Kier molecular flexibility index (Phi) is 8.19. The zero-order valence-electron chi connectivity index (χ0n) is 37.6. The minimum atomic E-state index is 0.0886. The minimum Gasteiger partial charge on any atom is -0.455 e. The third kappa shape index (κ3) is 5.74. The Morgan fingerprint density at radius 2 is 0.899 bits per heavy atom. The second kappa shape index (κ2) is 14.8. The second-order valence-corrected chi connectivity index (χ2v) is 18.7. The molecule has 15 rings (SSSR count). The van der Waals surface area contributed by atoms with Gasteiger partial charge in [-0.25, -0.2) is 0 Å². The lowest BCUT2D eigenvalue weighted by molar-refractivity contribution is 0.667. The van der Waals surface area contributed by atoms with Gasteiger partial charge >= 0.3 is 0 Å². The molecule has 3 heterocycles. The highest BCUT2D eigenvalue weighted by atomic mass is 16.3. The van der Waals surface area contributed by atoms with Crippen LogP contribution in [0.25, 0.3) is 120 Å². The van der Waals surface area contributed by atoms with E-state index >= 15 is 0 Å². The fourth-order valence-corrected chi connectivity index (χ4v) is 11.8. The van der Waals surface area contributed by atoms with Gasteiger partial charge in [0, 0.05) is 49.3 Å². The van der Waals surface area contributed by atoms with Gasteiger partial charge in [0.25, 0.3) is 0 Å². The zero-order chi connectivity index (χ0) is 45.2. The van der Waals surface area contributed by atoms with Crippen molar-refractivity contribution in [2.75, 3.05) is 4.90 Å². The van der Waals surface area contributed by atoms with Gasteiger partial charge in [0.15, 0.2) is 0 Å². The van der Waals surface area contributed by atoms with E-state index < -0.39 is 0 Å². The normalized spacial score (nSPS) is 14.2. The smallest absolute Gasteiger partial charge is 0.143 e. The molecule has 3 nitrogen and oxygen atoms in total. The molecule has 0 N–H and O–H groups in total. The van der Waals surface area contributed by atoms with Crippen LogP contribution in [-0.2, 0) is 0 Å². The maximum absolute atomic E-state index is 6.49. The van der Waals surface area contributed by atoms with Crippen molar-refractivity contribution < 1.29 is 4.42 Å². The van der Waals surface area contributed by atoms with E-state index in [2.05, 4.69) is 240 Å². The van der Waals surface area contributed by atoms with Crippen LogP contribution in [0.5, 0.6) is 0 Å². The van der Waals surface area contributed by atoms with E-state index in [1.165, 1.54) is 98.2 Å². The lowest BCUT2D eigenvalue weighted by Gasteiger charge is -2.33. The summed E-state index contributed by atoms with van der Waals surface area (Å²) in [6.45, 7) is 0. The van der Waals surface area contributed by atoms with Crippen molar-refractivity contribution in [2.24, 2.45) is 0 Å². The maximum Gasteiger partial charge on any atom is 0.143 e. The van der Waals surface area contributed by atoms with Gasteiger partial charge in [0.05, 0.1) is 22.6 Å². The highest BCUT2D eigenvalue weighted by Gasteiger charge is 2.23. The summed E-state index contributed by atoms with van der Waals surface area (Å²) in [6, 6.07) is 80.4. The van der Waals surface area contributed by atoms with Crippen molar-refractivity contribution in [2.45, 2.75) is 12.5 Å². The van der Waals surface area contributed by atoms with Gasteiger partial charge in [0.1, 0.15) is 11.2 Å². The first-order valence-corrected chi connectivity index (χ1v) is 24.0. The quantitative estimate of drug-likeness (QED) is 0.155. The van der Waals surface area contributed by atoms with Gasteiger partial charge in [-0.1, -0.05) is 182 Å². The summed E-state index contributed by atoms with van der Waals surface area (Å²) in [6.07, 6.45) is 7.89. The molecule has 0 radical (unpaired) electrons. The number of para-hydroxylation sites is 4. The van der Waals surface area contributed by atoms with E-state index in [1.807, 2.05) is 6.07 Å². The molecule has 14 aromatic rings. The third-order valence-electron chi connectivity index (χ3n) is 15.0. The van der Waals surface area contributed by atoms with Crippen LogP contribution in [0, 0.1) is 0 Å². The average molecular weight is 879 g/mol. The Morgan fingerprint density at radius 1 is 0.391 bits per heavy atom. The summed E-state index contributed by atoms with van der Waals surface area (Å²) in [7, 11) is 0. The molecule has 0 spiro atoms. The van der Waals surface area contributed by atoms with Gasteiger partial charge in [-0.05, 0) is 121 Å². The first-order chi connectivity index (χ1) is 34.2. The number of allylic oxidation sites excluding steroid dienone is 2. The summed E-state index contributed by atoms with van der Waals surface area (Å²) in [5, 5.41) is 15.2. The number of nitrogens with zero attached hydrogens (tertiary/aromatic N) is 2. The third-order valence-corrected chi connectivity index (χ3v) is 15.0. The predicted molar refractivity (Wildman–Crippen MR) is 292 cm³/mol. The van der Waals surface area contributed by atoms with E-state index in [0.717, 1.165) is 45.3 Å². The monoisotopic (exact) mass is 878 g/mol. The molecule has 69 heavy (non-hydrogen) atoms. The number of hydrogen-bond acceptors (Lipinski definition) is 2. The van der Waals surface area contributed by atoms with E-state index in [1.54, 1.807) is 0 Å². The Hall–Kier alpha value is -8.92. The summed E-state index contributed by atoms with van der Waals surface area (Å²) in [5.74, 6) is 0. The minimum absolute atomic E-state index is 0.0886. The van der Waals surface area contributed by atoms with Crippen LogP contribution in [0.4, 0.5) is 11.4 Å². The van der Waals surface area contributed by atoms with Crippen molar-refractivity contribution in [3.8, 4) is 22.3 Å². The Morgan fingerprint density at radius 3 is 1.58 bits per heavy atom. The van der Waals surface area contributed by atoms with Crippen LogP contribution in [0.1, 0.15) is 12.0 Å². The van der Waals surface area contributed by atoms with Crippen molar-refractivity contribution in [1.29, 1.82) is 0 Å². The van der Waals surface area contributed by atoms with E-state index in [9.17, 15) is 0 Å². The molecule has 11 aromatic carbocycles. The van der Waals surface area contributed by atoms with E-state index in [0.29, 0.717) is 0 Å². The largest absolute Gasteiger partial charge is 0.455 e. The summed E-state index contributed by atoms with van der Waals surface area (Å²) in [4.78, 5) is 2.50. The van der Waals surface area contributed by atoms with Crippen LogP contribution in [0.2, 0.25) is 0 Å². The van der Waals surface area contributed by atoms with E-state index in [4.69, 9.17) is 4.42 Å². The first-order valence-electron chi connectivity index (χ1n) is 24.0. The van der Waals surface area contributed by atoms with Crippen molar-refractivity contribution in [1.82, 2.24) is 4.40 Å². The summed E-state index contributed by atoms with van der Waals surface area (Å²) >= 11 is 0. The van der Waals surface area contributed by atoms with Crippen molar-refractivity contribution >= 4 is 109 Å². The molecule has 3 aromatic heterocycles. The molecular weight excluding hydrogens is 837 g/mol. The van der Waals surface area contributed by atoms with Gasteiger partial charge in [-0.3, -0.25) is 0 Å². The number of anilines is 2. The highest BCUT2D eigenvalue weighted by Crippen LogP contribution is 2.43. The number of aromatic nitrogens is 1. The fraction of sp³-hybridized carbons (Fsp3) is 0.0303. The van der Waals surface area contributed by atoms with Crippen LogP contribution in [0.15, 0.2) is 241 Å². The van der Waals surface area contributed by atoms with Crippen molar-refractivity contribution in [3.05, 3.63) is 242 Å². The van der Waals surface area contributed by atoms with E-state index in [-0.39, 0.29) is 6.04 Å². The Bertz CT molecular complexity index is 4420. The molecular formula is C66H42N2O. The van der Waals surface area contributed by atoms with Crippen LogP contribution >= 0.6 is 0 Å². The lowest BCUT2D eigenvalue weighted by atomic mass is 9.92. The SMILES string of the molecule is C1=CC(N(c2ccc(-c3ccc4c5ccccc5c5ccccc5c4c3)cc2)c2ccc(-c3ccc4c(c3)c3cccc5c6ccccc6n4c53)cc2)CC=C1c1cccc2c1oc1ccccc12. The molecule has 0 amide bonds. The fourth-order valence-electron chi connectivity index (χ4n) is 11.8. The number of fused-ring (bicyclic) bond motifs is 15. The molecule has 0 aliphatic heterocycles. The van der Waals surface area contributed by atoms with Gasteiger partial charge in [-0.15, -0.1) is 0 Å².